The minimum absolute atomic E-state index is 0.0155. The Kier molecular flexibility index (Phi) is 8.87. The van der Waals surface area contributed by atoms with Crippen molar-refractivity contribution in [2.75, 3.05) is 30.3 Å². The number of hydrogen-bond acceptors (Lipinski definition) is 5. The summed E-state index contributed by atoms with van der Waals surface area (Å²) in [5, 5.41) is 8.62. The number of para-hydroxylation sites is 1. The van der Waals surface area contributed by atoms with Crippen LogP contribution in [0.3, 0.4) is 0 Å². The molecule has 0 spiro atoms. The van der Waals surface area contributed by atoms with Gasteiger partial charge in [0.15, 0.2) is 0 Å². The Hall–Kier alpha value is -3.35. The minimum atomic E-state index is -0.367. The summed E-state index contributed by atoms with van der Waals surface area (Å²) in [7, 11) is 0. The second-order valence-corrected chi connectivity index (χ2v) is 7.26. The van der Waals surface area contributed by atoms with E-state index < -0.39 is 0 Å². The summed E-state index contributed by atoms with van der Waals surface area (Å²) in [5.41, 5.74) is 2.03. The molecule has 0 heterocycles. The Morgan fingerprint density at radius 2 is 1.70 bits per heavy atom. The minimum Gasteiger partial charge on any atom is -0.462 e. The number of amides is 2. The predicted octanol–water partition coefficient (Wildman–Crippen LogP) is 3.69. The maximum atomic E-state index is 12.4. The van der Waals surface area contributed by atoms with Crippen molar-refractivity contribution in [1.29, 1.82) is 0 Å². The molecule has 7 nitrogen and oxygen atoms in total. The van der Waals surface area contributed by atoms with E-state index >= 15 is 0 Å². The molecule has 0 aliphatic rings. The number of carbonyl (C=O) groups excluding carboxylic acids is 3. The Morgan fingerprint density at radius 3 is 2.37 bits per heavy atom. The molecule has 2 aromatic rings. The number of anilines is 2. The molecule has 0 aromatic heterocycles. The first-order chi connectivity index (χ1) is 14.4. The van der Waals surface area contributed by atoms with E-state index in [-0.39, 0.29) is 24.3 Å². The average Bonchev–Trinajstić information content (AvgIpc) is 2.75. The quantitative estimate of drug-likeness (QED) is 0.518. The van der Waals surface area contributed by atoms with E-state index in [0.29, 0.717) is 41.6 Å². The highest BCUT2D eigenvalue weighted by molar-refractivity contribution is 6.04. The first kappa shape index (κ1) is 22.9. The lowest BCUT2D eigenvalue weighted by Crippen LogP contribution is -2.29. The molecule has 7 heteroatoms. The van der Waals surface area contributed by atoms with Gasteiger partial charge < -0.3 is 20.7 Å². The van der Waals surface area contributed by atoms with Crippen molar-refractivity contribution in [1.82, 2.24) is 5.32 Å². The Bertz CT molecular complexity index is 863. The second-order valence-electron chi connectivity index (χ2n) is 7.26. The third-order valence-corrected chi connectivity index (χ3v) is 4.13. The molecule has 0 aliphatic carbocycles. The molecule has 30 heavy (non-hydrogen) atoms. The molecule has 0 radical (unpaired) electrons. The normalized spacial score (nSPS) is 10.4. The van der Waals surface area contributed by atoms with Crippen molar-refractivity contribution in [2.24, 2.45) is 5.92 Å². The number of hydrogen-bond donors (Lipinski definition) is 3. The van der Waals surface area contributed by atoms with Crippen LogP contribution >= 0.6 is 0 Å². The van der Waals surface area contributed by atoms with Gasteiger partial charge in [-0.05, 0) is 48.7 Å². The summed E-state index contributed by atoms with van der Waals surface area (Å²) in [6, 6.07) is 13.6. The van der Waals surface area contributed by atoms with Crippen molar-refractivity contribution < 1.29 is 19.1 Å². The Balaban J connectivity index is 1.91. The van der Waals surface area contributed by atoms with E-state index in [4.69, 9.17) is 4.74 Å². The third-order valence-electron chi connectivity index (χ3n) is 4.13. The smallest absolute Gasteiger partial charge is 0.338 e. The number of rotatable bonds is 10. The van der Waals surface area contributed by atoms with Crippen molar-refractivity contribution in [3.8, 4) is 0 Å². The summed E-state index contributed by atoms with van der Waals surface area (Å²) < 4.78 is 5.09. The van der Waals surface area contributed by atoms with Crippen LogP contribution in [0, 0.1) is 5.92 Å². The molecule has 0 atom stereocenters. The maximum absolute atomic E-state index is 12.4. The molecule has 0 unspecified atom stereocenters. The average molecular weight is 412 g/mol. The zero-order valence-corrected chi connectivity index (χ0v) is 17.7. The first-order valence-electron chi connectivity index (χ1n) is 10.1. The summed E-state index contributed by atoms with van der Waals surface area (Å²) in [4.78, 5) is 36.5. The molecule has 0 saturated carbocycles. The topological polar surface area (TPSA) is 96.5 Å². The fraction of sp³-hybridized carbons (Fsp3) is 0.348. The van der Waals surface area contributed by atoms with Crippen molar-refractivity contribution in [3.63, 3.8) is 0 Å². The van der Waals surface area contributed by atoms with Crippen molar-refractivity contribution in [3.05, 3.63) is 59.7 Å². The largest absolute Gasteiger partial charge is 0.462 e. The summed E-state index contributed by atoms with van der Waals surface area (Å²) in [6.45, 7) is 6.92. The van der Waals surface area contributed by atoms with Gasteiger partial charge in [0.2, 0.25) is 5.91 Å². The molecule has 0 bridgehead atoms. The number of benzene rings is 2. The summed E-state index contributed by atoms with van der Waals surface area (Å²) in [6.07, 6.45) is 0.767. The van der Waals surface area contributed by atoms with Gasteiger partial charge in [0.25, 0.3) is 5.91 Å². The van der Waals surface area contributed by atoms with Gasteiger partial charge in [0, 0.05) is 12.2 Å². The maximum Gasteiger partial charge on any atom is 0.338 e. The predicted molar refractivity (Wildman–Crippen MR) is 118 cm³/mol. The zero-order valence-electron chi connectivity index (χ0n) is 17.7. The van der Waals surface area contributed by atoms with Gasteiger partial charge in [-0.1, -0.05) is 32.9 Å². The molecular weight excluding hydrogens is 382 g/mol. The van der Waals surface area contributed by atoms with Crippen molar-refractivity contribution in [2.45, 2.75) is 27.2 Å². The molecular formula is C23H29N3O4. The lowest BCUT2D eigenvalue weighted by molar-refractivity contribution is -0.114. The van der Waals surface area contributed by atoms with Crippen LogP contribution in [0.4, 0.5) is 11.4 Å². The van der Waals surface area contributed by atoms with E-state index in [1.807, 2.05) is 20.8 Å². The van der Waals surface area contributed by atoms with Gasteiger partial charge in [-0.3, -0.25) is 9.59 Å². The number of ether oxygens (including phenoxy) is 1. The van der Waals surface area contributed by atoms with Gasteiger partial charge in [-0.2, -0.15) is 0 Å². The van der Waals surface area contributed by atoms with Crippen LogP contribution in [0.25, 0.3) is 0 Å². The van der Waals surface area contributed by atoms with Crippen LogP contribution in [0.1, 0.15) is 47.9 Å². The van der Waals surface area contributed by atoms with Crippen LogP contribution < -0.4 is 16.0 Å². The van der Waals surface area contributed by atoms with Gasteiger partial charge in [0.05, 0.1) is 30.0 Å². The molecule has 160 valence electrons. The van der Waals surface area contributed by atoms with E-state index in [1.54, 1.807) is 48.5 Å². The lowest BCUT2D eigenvalue weighted by atomic mass is 10.1. The highest BCUT2D eigenvalue weighted by Crippen LogP contribution is 2.15. The third kappa shape index (κ3) is 7.24. The molecule has 0 saturated heterocycles. The van der Waals surface area contributed by atoms with E-state index in [0.717, 1.165) is 6.42 Å². The van der Waals surface area contributed by atoms with Crippen LogP contribution in [-0.2, 0) is 9.53 Å². The summed E-state index contributed by atoms with van der Waals surface area (Å²) >= 11 is 0. The summed E-state index contributed by atoms with van der Waals surface area (Å²) in [5.74, 6) is -0.545. The Morgan fingerprint density at radius 1 is 1.00 bits per heavy atom. The highest BCUT2D eigenvalue weighted by atomic mass is 16.5. The molecule has 2 rings (SSSR count). The highest BCUT2D eigenvalue weighted by Gasteiger charge is 2.13. The van der Waals surface area contributed by atoms with Gasteiger partial charge in [-0.25, -0.2) is 4.79 Å². The molecule has 0 aliphatic heterocycles. The van der Waals surface area contributed by atoms with E-state index in [1.165, 1.54) is 0 Å². The molecule has 0 fully saturated rings. The van der Waals surface area contributed by atoms with E-state index in [2.05, 4.69) is 16.0 Å². The van der Waals surface area contributed by atoms with Crippen LogP contribution in [0.2, 0.25) is 0 Å². The van der Waals surface area contributed by atoms with Gasteiger partial charge >= 0.3 is 5.97 Å². The Labute approximate surface area is 177 Å². The fourth-order valence-electron chi connectivity index (χ4n) is 2.56. The number of nitrogens with one attached hydrogen (secondary N) is 3. The fourth-order valence-corrected chi connectivity index (χ4v) is 2.56. The number of esters is 1. The van der Waals surface area contributed by atoms with Crippen molar-refractivity contribution >= 4 is 29.2 Å². The van der Waals surface area contributed by atoms with Crippen LogP contribution in [0.5, 0.6) is 0 Å². The monoisotopic (exact) mass is 411 g/mol. The van der Waals surface area contributed by atoms with Gasteiger partial charge in [0.1, 0.15) is 0 Å². The molecule has 3 N–H and O–H groups in total. The standard InChI is InChI=1S/C23H29N3O4/c1-4-13-30-23(29)17-9-11-18(12-10-17)24-15-21(27)26-20-8-6-5-7-19(20)22(28)25-14-16(2)3/h5-12,16,24H,4,13-15H2,1-3H3,(H,25,28)(H,26,27). The first-order valence-corrected chi connectivity index (χ1v) is 10.1. The molecule has 2 amide bonds. The molecule has 2 aromatic carbocycles. The SMILES string of the molecule is CCCOC(=O)c1ccc(NCC(=O)Nc2ccccc2C(=O)NCC(C)C)cc1. The lowest BCUT2D eigenvalue weighted by Gasteiger charge is -2.13. The second kappa shape index (κ2) is 11.6. The van der Waals surface area contributed by atoms with Gasteiger partial charge in [-0.15, -0.1) is 0 Å². The van der Waals surface area contributed by atoms with Crippen LogP contribution in [0.15, 0.2) is 48.5 Å². The zero-order chi connectivity index (χ0) is 21.9. The van der Waals surface area contributed by atoms with E-state index in [9.17, 15) is 14.4 Å². The number of carbonyl (C=O) groups is 3. The van der Waals surface area contributed by atoms with Crippen LogP contribution in [-0.4, -0.2) is 37.5 Å².